The van der Waals surface area contributed by atoms with Gasteiger partial charge in [0.1, 0.15) is 0 Å². The van der Waals surface area contributed by atoms with Crippen LogP contribution in [0.3, 0.4) is 0 Å². The summed E-state index contributed by atoms with van der Waals surface area (Å²) in [6.07, 6.45) is 2.98. The first-order valence-corrected chi connectivity index (χ1v) is 6.06. The molecule has 2 heterocycles. The van der Waals surface area contributed by atoms with E-state index in [1.807, 2.05) is 6.92 Å². The highest BCUT2D eigenvalue weighted by Gasteiger charge is 2.13. The zero-order valence-electron chi connectivity index (χ0n) is 9.88. The third-order valence-corrected chi connectivity index (χ3v) is 2.93. The molecular weight excluding hydrogens is 268 g/mol. The number of carboxylic acid groups (broad SMARTS) is 1. The lowest BCUT2D eigenvalue weighted by Gasteiger charge is -2.07. The van der Waals surface area contributed by atoms with Gasteiger partial charge in [0.15, 0.2) is 10.8 Å². The number of nitrogens with zero attached hydrogens (tertiary/aromatic N) is 2. The molecule has 0 aromatic carbocycles. The summed E-state index contributed by atoms with van der Waals surface area (Å²) in [6, 6.07) is 2.43. The second kappa shape index (κ2) is 5.44. The zero-order valence-corrected chi connectivity index (χ0v) is 10.7. The molecule has 2 amide bonds. The van der Waals surface area contributed by atoms with Crippen molar-refractivity contribution in [3.63, 3.8) is 0 Å². The molecule has 2 aromatic rings. The van der Waals surface area contributed by atoms with Crippen LogP contribution >= 0.6 is 11.3 Å². The van der Waals surface area contributed by atoms with Gasteiger partial charge in [-0.3, -0.25) is 5.32 Å². The number of nitrogens with one attached hydrogen (secondary N) is 2. The van der Waals surface area contributed by atoms with E-state index in [1.54, 1.807) is 6.20 Å². The third-order valence-electron chi connectivity index (χ3n) is 2.10. The van der Waals surface area contributed by atoms with Crippen LogP contribution in [0, 0.1) is 6.92 Å². The highest BCUT2D eigenvalue weighted by Crippen LogP contribution is 2.17. The Hall–Kier alpha value is -2.48. The number of hydrogen-bond donors (Lipinski definition) is 3. The minimum Gasteiger partial charge on any atom is -0.476 e. The van der Waals surface area contributed by atoms with Gasteiger partial charge in [-0.15, -0.1) is 11.3 Å². The van der Waals surface area contributed by atoms with Crippen LogP contribution in [0.25, 0.3) is 0 Å². The molecule has 0 spiro atoms. The van der Waals surface area contributed by atoms with Crippen molar-refractivity contribution in [1.82, 2.24) is 9.97 Å². The van der Waals surface area contributed by atoms with Crippen LogP contribution in [0.1, 0.15) is 15.4 Å². The molecule has 0 saturated heterocycles. The van der Waals surface area contributed by atoms with Crippen LogP contribution in [-0.4, -0.2) is 27.1 Å². The predicted octanol–water partition coefficient (Wildman–Crippen LogP) is 2.19. The summed E-state index contributed by atoms with van der Waals surface area (Å²) < 4.78 is 0. The normalized spacial score (nSPS) is 9.95. The van der Waals surface area contributed by atoms with Crippen molar-refractivity contribution in [1.29, 1.82) is 0 Å². The summed E-state index contributed by atoms with van der Waals surface area (Å²) in [7, 11) is 0. The standard InChI is InChI=1S/C11H10N4O3S/c1-6-5-13-11(19-6)15-10(18)14-7-3-2-4-12-8(7)9(16)17/h2-5H,1H3,(H,16,17)(H2,13,14,15,18). The van der Waals surface area contributed by atoms with Gasteiger partial charge in [0.25, 0.3) is 0 Å². The maximum Gasteiger partial charge on any atom is 0.356 e. The third kappa shape index (κ3) is 3.26. The maximum atomic E-state index is 11.7. The number of aromatic nitrogens is 2. The van der Waals surface area contributed by atoms with Crippen molar-refractivity contribution >= 4 is 34.2 Å². The molecule has 0 aliphatic rings. The van der Waals surface area contributed by atoms with E-state index < -0.39 is 12.0 Å². The number of hydrogen-bond acceptors (Lipinski definition) is 5. The Labute approximate surface area is 112 Å². The van der Waals surface area contributed by atoms with Gasteiger partial charge >= 0.3 is 12.0 Å². The SMILES string of the molecule is Cc1cnc(NC(=O)Nc2cccnc2C(=O)O)s1. The molecule has 0 saturated carbocycles. The second-order valence-electron chi connectivity index (χ2n) is 3.56. The molecule has 2 rings (SSSR count). The molecule has 98 valence electrons. The number of thiazole rings is 1. The molecule has 0 aliphatic heterocycles. The number of aryl methyl sites for hydroxylation is 1. The van der Waals surface area contributed by atoms with Crippen molar-refractivity contribution in [2.75, 3.05) is 10.6 Å². The van der Waals surface area contributed by atoms with Crippen LogP contribution in [0.15, 0.2) is 24.5 Å². The Kier molecular flexibility index (Phi) is 3.71. The average Bonchev–Trinajstić information content (AvgIpc) is 2.75. The predicted molar refractivity (Wildman–Crippen MR) is 70.7 cm³/mol. The highest BCUT2D eigenvalue weighted by atomic mass is 32.1. The summed E-state index contributed by atoms with van der Waals surface area (Å²) in [4.78, 5) is 31.2. The Morgan fingerprint density at radius 2 is 2.11 bits per heavy atom. The summed E-state index contributed by atoms with van der Waals surface area (Å²) in [5.74, 6) is -1.21. The van der Waals surface area contributed by atoms with E-state index >= 15 is 0 Å². The molecular formula is C11H10N4O3S. The van der Waals surface area contributed by atoms with E-state index in [-0.39, 0.29) is 11.4 Å². The second-order valence-corrected chi connectivity index (χ2v) is 4.79. The molecule has 0 radical (unpaired) electrons. The molecule has 2 aromatic heterocycles. The van der Waals surface area contributed by atoms with Gasteiger partial charge < -0.3 is 10.4 Å². The maximum absolute atomic E-state index is 11.7. The minimum absolute atomic E-state index is 0.126. The number of pyridine rings is 1. The topological polar surface area (TPSA) is 104 Å². The van der Waals surface area contributed by atoms with Crippen molar-refractivity contribution in [2.24, 2.45) is 0 Å². The molecule has 7 nitrogen and oxygen atoms in total. The van der Waals surface area contributed by atoms with E-state index in [1.165, 1.54) is 29.7 Å². The quantitative estimate of drug-likeness (QED) is 0.798. The number of aromatic carboxylic acids is 1. The minimum atomic E-state index is -1.21. The van der Waals surface area contributed by atoms with Gasteiger partial charge in [0.05, 0.1) is 5.69 Å². The van der Waals surface area contributed by atoms with Crippen molar-refractivity contribution in [3.8, 4) is 0 Å². The molecule has 0 bridgehead atoms. The van der Waals surface area contributed by atoms with Crippen LogP contribution in [0.2, 0.25) is 0 Å². The fourth-order valence-electron chi connectivity index (χ4n) is 1.34. The molecule has 3 N–H and O–H groups in total. The Bertz CT molecular complexity index is 626. The van der Waals surface area contributed by atoms with Crippen molar-refractivity contribution in [2.45, 2.75) is 6.92 Å². The number of carbonyl (C=O) groups is 2. The molecule has 0 aliphatic carbocycles. The van der Waals surface area contributed by atoms with Gasteiger partial charge in [0.2, 0.25) is 0 Å². The van der Waals surface area contributed by atoms with Crippen LogP contribution in [-0.2, 0) is 0 Å². The van der Waals surface area contributed by atoms with Gasteiger partial charge in [-0.1, -0.05) is 0 Å². The first kappa shape index (κ1) is 13.0. The first-order valence-electron chi connectivity index (χ1n) is 5.25. The summed E-state index contributed by atoms with van der Waals surface area (Å²) in [5, 5.41) is 14.3. The van der Waals surface area contributed by atoms with Gasteiger partial charge in [-0.05, 0) is 19.1 Å². The lowest BCUT2D eigenvalue weighted by atomic mass is 10.3. The smallest absolute Gasteiger partial charge is 0.356 e. The van der Waals surface area contributed by atoms with E-state index in [2.05, 4.69) is 20.6 Å². The van der Waals surface area contributed by atoms with E-state index in [0.29, 0.717) is 5.13 Å². The van der Waals surface area contributed by atoms with Gasteiger partial charge in [-0.2, -0.15) is 0 Å². The van der Waals surface area contributed by atoms with Crippen LogP contribution in [0.4, 0.5) is 15.6 Å². The first-order chi connectivity index (χ1) is 9.06. The van der Waals surface area contributed by atoms with E-state index in [4.69, 9.17) is 5.11 Å². The van der Waals surface area contributed by atoms with Crippen molar-refractivity contribution in [3.05, 3.63) is 35.1 Å². The number of carboxylic acids is 1. The molecule has 0 unspecified atom stereocenters. The largest absolute Gasteiger partial charge is 0.476 e. The molecule has 0 atom stereocenters. The number of carbonyl (C=O) groups excluding carboxylic acids is 1. The molecule has 8 heteroatoms. The number of amides is 2. The number of anilines is 2. The number of urea groups is 1. The lowest BCUT2D eigenvalue weighted by Crippen LogP contribution is -2.21. The lowest BCUT2D eigenvalue weighted by molar-refractivity contribution is 0.0692. The summed E-state index contributed by atoms with van der Waals surface area (Å²) in [5.41, 5.74) is -0.0891. The zero-order chi connectivity index (χ0) is 13.8. The van der Waals surface area contributed by atoms with Gasteiger partial charge in [0, 0.05) is 17.3 Å². The van der Waals surface area contributed by atoms with Crippen LogP contribution in [0.5, 0.6) is 0 Å². The van der Waals surface area contributed by atoms with Crippen LogP contribution < -0.4 is 10.6 Å². The Morgan fingerprint density at radius 1 is 1.32 bits per heavy atom. The number of rotatable bonds is 3. The van der Waals surface area contributed by atoms with E-state index in [9.17, 15) is 9.59 Å². The van der Waals surface area contributed by atoms with Crippen molar-refractivity contribution < 1.29 is 14.7 Å². The summed E-state index contributed by atoms with van der Waals surface area (Å²) >= 11 is 1.32. The Balaban J connectivity index is 2.09. The Morgan fingerprint density at radius 3 is 2.74 bits per heavy atom. The van der Waals surface area contributed by atoms with Gasteiger partial charge in [-0.25, -0.2) is 19.6 Å². The highest BCUT2D eigenvalue weighted by molar-refractivity contribution is 7.15. The fraction of sp³-hybridized carbons (Fsp3) is 0.0909. The van der Waals surface area contributed by atoms with E-state index in [0.717, 1.165) is 4.88 Å². The monoisotopic (exact) mass is 278 g/mol. The average molecular weight is 278 g/mol. The molecule has 0 fully saturated rings. The summed E-state index contributed by atoms with van der Waals surface area (Å²) in [6.45, 7) is 1.87. The fourth-order valence-corrected chi connectivity index (χ4v) is 2.00. The molecule has 19 heavy (non-hydrogen) atoms.